The van der Waals surface area contributed by atoms with Crippen LogP contribution in [0.4, 0.5) is 5.69 Å². The third kappa shape index (κ3) is 1.99. The molecule has 0 spiro atoms. The molecule has 0 aliphatic carbocycles. The summed E-state index contributed by atoms with van der Waals surface area (Å²) in [5.41, 5.74) is 6.43. The molecule has 1 atom stereocenters. The molecule has 4 rings (SSSR count). The van der Waals surface area contributed by atoms with Crippen LogP contribution >= 0.6 is 0 Å². The SMILES string of the molecule is CCC1=NC2Cc3ccccc3N2C(c2ccccc2)=C1. The maximum absolute atomic E-state index is 4.92. The molecule has 0 fully saturated rings. The lowest BCUT2D eigenvalue weighted by Crippen LogP contribution is -2.33. The van der Waals surface area contributed by atoms with Crippen LogP contribution < -0.4 is 4.90 Å². The molecule has 1 unspecified atom stereocenters. The van der Waals surface area contributed by atoms with E-state index in [2.05, 4.69) is 72.5 Å². The summed E-state index contributed by atoms with van der Waals surface area (Å²) in [6.45, 7) is 2.18. The first-order chi connectivity index (χ1) is 10.4. The van der Waals surface area contributed by atoms with E-state index in [0.717, 1.165) is 12.8 Å². The van der Waals surface area contributed by atoms with Gasteiger partial charge in [-0.15, -0.1) is 0 Å². The first kappa shape index (κ1) is 12.4. The van der Waals surface area contributed by atoms with Gasteiger partial charge in [0.25, 0.3) is 0 Å². The molecule has 0 radical (unpaired) electrons. The third-order valence-electron chi connectivity index (χ3n) is 4.26. The highest BCUT2D eigenvalue weighted by molar-refractivity contribution is 6.05. The number of para-hydroxylation sites is 1. The van der Waals surface area contributed by atoms with Gasteiger partial charge in [-0.1, -0.05) is 55.5 Å². The second-order valence-corrected chi connectivity index (χ2v) is 5.55. The minimum atomic E-state index is 0.220. The minimum absolute atomic E-state index is 0.220. The van der Waals surface area contributed by atoms with Gasteiger partial charge in [-0.3, -0.25) is 4.99 Å². The summed E-state index contributed by atoms with van der Waals surface area (Å²) >= 11 is 0. The predicted octanol–water partition coefficient (Wildman–Crippen LogP) is 4.28. The highest BCUT2D eigenvalue weighted by Crippen LogP contribution is 2.40. The Bertz CT molecular complexity index is 728. The van der Waals surface area contributed by atoms with Gasteiger partial charge < -0.3 is 4.90 Å². The quantitative estimate of drug-likeness (QED) is 0.798. The van der Waals surface area contributed by atoms with Crippen LogP contribution in [0, 0.1) is 0 Å². The Morgan fingerprint density at radius 1 is 1.05 bits per heavy atom. The van der Waals surface area contributed by atoms with Crippen LogP contribution in [0.2, 0.25) is 0 Å². The van der Waals surface area contributed by atoms with E-state index in [1.54, 1.807) is 0 Å². The Balaban J connectivity index is 1.87. The summed E-state index contributed by atoms with van der Waals surface area (Å²) in [5, 5.41) is 0. The Morgan fingerprint density at radius 2 is 1.81 bits per heavy atom. The van der Waals surface area contributed by atoms with E-state index in [-0.39, 0.29) is 6.17 Å². The summed E-state index contributed by atoms with van der Waals surface area (Å²) in [4.78, 5) is 7.31. The number of rotatable bonds is 2. The van der Waals surface area contributed by atoms with E-state index < -0.39 is 0 Å². The van der Waals surface area contributed by atoms with Crippen molar-refractivity contribution in [1.29, 1.82) is 0 Å². The molecule has 0 aromatic heterocycles. The second-order valence-electron chi connectivity index (χ2n) is 5.55. The van der Waals surface area contributed by atoms with E-state index in [1.165, 1.54) is 28.2 Å². The standard InChI is InChI=1S/C19H18N2/c1-2-16-13-18(14-8-4-3-5-9-14)21-17-11-7-6-10-15(17)12-19(21)20-16/h3-11,13,19H,2,12H2,1H3. The topological polar surface area (TPSA) is 15.6 Å². The van der Waals surface area contributed by atoms with Crippen LogP contribution in [0.3, 0.4) is 0 Å². The number of benzene rings is 2. The Labute approximate surface area is 125 Å². The van der Waals surface area contributed by atoms with E-state index in [4.69, 9.17) is 4.99 Å². The Morgan fingerprint density at radius 3 is 2.62 bits per heavy atom. The molecule has 2 nitrogen and oxygen atoms in total. The van der Waals surface area contributed by atoms with E-state index in [9.17, 15) is 0 Å². The lowest BCUT2D eigenvalue weighted by molar-refractivity contribution is 0.720. The lowest BCUT2D eigenvalue weighted by Gasteiger charge is -2.31. The zero-order chi connectivity index (χ0) is 14.2. The maximum Gasteiger partial charge on any atom is 0.129 e. The molecular weight excluding hydrogens is 256 g/mol. The van der Waals surface area contributed by atoms with Crippen molar-refractivity contribution in [1.82, 2.24) is 0 Å². The van der Waals surface area contributed by atoms with E-state index >= 15 is 0 Å². The monoisotopic (exact) mass is 274 g/mol. The lowest BCUT2D eigenvalue weighted by atomic mass is 10.1. The van der Waals surface area contributed by atoms with Crippen molar-refractivity contribution in [3.8, 4) is 0 Å². The molecule has 21 heavy (non-hydrogen) atoms. The number of nitrogens with zero attached hydrogens (tertiary/aromatic N) is 2. The average molecular weight is 274 g/mol. The molecule has 0 amide bonds. The number of fused-ring (bicyclic) bond motifs is 3. The van der Waals surface area contributed by atoms with Crippen LogP contribution in [0.5, 0.6) is 0 Å². The van der Waals surface area contributed by atoms with Crippen molar-refractivity contribution in [2.24, 2.45) is 4.99 Å². The number of allylic oxidation sites excluding steroid dienone is 1. The number of hydrogen-bond acceptors (Lipinski definition) is 2. The molecule has 0 saturated carbocycles. The third-order valence-corrected chi connectivity index (χ3v) is 4.26. The average Bonchev–Trinajstić information content (AvgIpc) is 2.93. The molecule has 2 heterocycles. The van der Waals surface area contributed by atoms with Crippen LogP contribution in [0.1, 0.15) is 24.5 Å². The van der Waals surface area contributed by atoms with E-state index in [0.29, 0.717) is 0 Å². The van der Waals surface area contributed by atoms with Crippen LogP contribution in [0.25, 0.3) is 5.70 Å². The van der Waals surface area contributed by atoms with E-state index in [1.807, 2.05) is 0 Å². The fraction of sp³-hybridized carbons (Fsp3) is 0.211. The molecule has 2 heteroatoms. The number of aliphatic imine (C=N–C) groups is 1. The van der Waals surface area contributed by atoms with Crippen molar-refractivity contribution >= 4 is 17.1 Å². The van der Waals surface area contributed by atoms with Gasteiger partial charge in [0.2, 0.25) is 0 Å². The normalized spacial score (nSPS) is 19.7. The number of anilines is 1. The highest BCUT2D eigenvalue weighted by Gasteiger charge is 2.33. The zero-order valence-electron chi connectivity index (χ0n) is 12.2. The van der Waals surface area contributed by atoms with Gasteiger partial charge in [-0.05, 0) is 29.7 Å². The summed E-state index contributed by atoms with van der Waals surface area (Å²) in [6, 6.07) is 19.3. The van der Waals surface area contributed by atoms with Gasteiger partial charge in [-0.2, -0.15) is 0 Å². The summed E-state index contributed by atoms with van der Waals surface area (Å²) in [6.07, 6.45) is 4.45. The molecule has 2 aromatic carbocycles. The van der Waals surface area contributed by atoms with Crippen LogP contribution in [-0.4, -0.2) is 11.9 Å². The van der Waals surface area contributed by atoms with Crippen LogP contribution in [-0.2, 0) is 6.42 Å². The Kier molecular flexibility index (Phi) is 2.88. The zero-order valence-corrected chi connectivity index (χ0v) is 12.2. The molecule has 2 aliphatic rings. The van der Waals surface area contributed by atoms with Gasteiger partial charge in [0.05, 0.1) is 5.70 Å². The van der Waals surface area contributed by atoms with Crippen molar-refractivity contribution in [2.45, 2.75) is 25.9 Å². The minimum Gasteiger partial charge on any atom is -0.318 e. The first-order valence-corrected chi connectivity index (χ1v) is 7.58. The molecular formula is C19H18N2. The van der Waals surface area contributed by atoms with Crippen molar-refractivity contribution in [3.05, 3.63) is 71.8 Å². The van der Waals surface area contributed by atoms with Gasteiger partial charge >= 0.3 is 0 Å². The van der Waals surface area contributed by atoms with Gasteiger partial charge in [0.15, 0.2) is 0 Å². The summed E-state index contributed by atoms with van der Waals surface area (Å²) < 4.78 is 0. The first-order valence-electron chi connectivity index (χ1n) is 7.58. The van der Waals surface area contributed by atoms with Crippen molar-refractivity contribution in [3.63, 3.8) is 0 Å². The molecule has 104 valence electrons. The second kappa shape index (κ2) is 4.88. The maximum atomic E-state index is 4.92. The molecule has 0 N–H and O–H groups in total. The van der Waals surface area contributed by atoms with Gasteiger partial charge in [0.1, 0.15) is 6.17 Å². The Hall–Kier alpha value is -2.35. The predicted molar refractivity (Wildman–Crippen MR) is 88.6 cm³/mol. The smallest absolute Gasteiger partial charge is 0.129 e. The summed E-state index contributed by atoms with van der Waals surface area (Å²) in [5.74, 6) is 0. The largest absolute Gasteiger partial charge is 0.318 e. The fourth-order valence-electron chi connectivity index (χ4n) is 3.24. The van der Waals surface area contributed by atoms with Gasteiger partial charge in [0, 0.05) is 17.8 Å². The molecule has 2 aromatic rings. The molecule has 2 aliphatic heterocycles. The number of hydrogen-bond donors (Lipinski definition) is 0. The fourth-order valence-corrected chi connectivity index (χ4v) is 3.24. The molecule has 0 saturated heterocycles. The highest BCUT2D eigenvalue weighted by atomic mass is 15.3. The summed E-state index contributed by atoms with van der Waals surface area (Å²) in [7, 11) is 0. The van der Waals surface area contributed by atoms with Crippen molar-refractivity contribution < 1.29 is 0 Å². The molecule has 0 bridgehead atoms. The van der Waals surface area contributed by atoms with Gasteiger partial charge in [-0.25, -0.2) is 0 Å². The van der Waals surface area contributed by atoms with Crippen molar-refractivity contribution in [2.75, 3.05) is 4.90 Å². The van der Waals surface area contributed by atoms with Crippen LogP contribution in [0.15, 0.2) is 65.7 Å².